The minimum Gasteiger partial charge on any atom is -0.454 e. The highest BCUT2D eigenvalue weighted by molar-refractivity contribution is 5.50. The molecule has 0 spiro atoms. The van der Waals surface area contributed by atoms with Crippen LogP contribution in [0, 0.1) is 29.8 Å². The number of nitro groups is 1. The van der Waals surface area contributed by atoms with Crippen molar-refractivity contribution in [1.29, 1.82) is 0 Å². The molecule has 21 heavy (non-hydrogen) atoms. The van der Waals surface area contributed by atoms with Crippen molar-refractivity contribution in [1.82, 2.24) is 0 Å². The van der Waals surface area contributed by atoms with Crippen LogP contribution in [0.15, 0.2) is 30.3 Å². The molecule has 110 valence electrons. The SMILES string of the molecule is Cc1cc([N+](=O)[O-])c(C)cc1Oc1ccc(CO)cc1F. The summed E-state index contributed by atoms with van der Waals surface area (Å²) in [6.07, 6.45) is 0. The third-order valence-electron chi connectivity index (χ3n) is 3.09. The number of hydrogen-bond donors (Lipinski definition) is 1. The van der Waals surface area contributed by atoms with E-state index in [2.05, 4.69) is 0 Å². The Hall–Kier alpha value is -2.47. The maximum Gasteiger partial charge on any atom is 0.272 e. The molecule has 2 aromatic carbocycles. The van der Waals surface area contributed by atoms with Crippen LogP contribution in [0.1, 0.15) is 16.7 Å². The van der Waals surface area contributed by atoms with E-state index in [0.29, 0.717) is 22.4 Å². The fourth-order valence-corrected chi connectivity index (χ4v) is 1.93. The van der Waals surface area contributed by atoms with Gasteiger partial charge >= 0.3 is 0 Å². The second-order valence-electron chi connectivity index (χ2n) is 4.69. The number of aryl methyl sites for hydroxylation is 2. The summed E-state index contributed by atoms with van der Waals surface area (Å²) in [6, 6.07) is 7.05. The standard InChI is InChI=1S/C15H14FNO4/c1-9-6-15(10(2)5-13(9)17(19)20)21-14-4-3-11(8-18)7-12(14)16/h3-7,18H,8H2,1-2H3. The van der Waals surface area contributed by atoms with E-state index in [9.17, 15) is 14.5 Å². The van der Waals surface area contributed by atoms with Gasteiger partial charge in [0.2, 0.25) is 0 Å². The van der Waals surface area contributed by atoms with Crippen molar-refractivity contribution in [3.05, 3.63) is 63.0 Å². The van der Waals surface area contributed by atoms with Crippen LogP contribution in [0.5, 0.6) is 11.5 Å². The molecular formula is C15H14FNO4. The van der Waals surface area contributed by atoms with Gasteiger partial charge in [0.15, 0.2) is 11.6 Å². The Morgan fingerprint density at radius 3 is 2.48 bits per heavy atom. The number of rotatable bonds is 4. The van der Waals surface area contributed by atoms with E-state index < -0.39 is 10.7 Å². The monoisotopic (exact) mass is 291 g/mol. The lowest BCUT2D eigenvalue weighted by atomic mass is 10.1. The molecule has 2 rings (SSSR count). The molecular weight excluding hydrogens is 277 g/mol. The molecule has 0 aliphatic rings. The van der Waals surface area contributed by atoms with Crippen molar-refractivity contribution in [3.8, 4) is 11.5 Å². The highest BCUT2D eigenvalue weighted by Gasteiger charge is 2.15. The Morgan fingerprint density at radius 1 is 1.19 bits per heavy atom. The maximum absolute atomic E-state index is 13.8. The van der Waals surface area contributed by atoms with Gasteiger partial charge in [-0.1, -0.05) is 6.07 Å². The summed E-state index contributed by atoms with van der Waals surface area (Å²) in [5.74, 6) is -0.241. The zero-order valence-corrected chi connectivity index (χ0v) is 11.6. The zero-order valence-electron chi connectivity index (χ0n) is 11.6. The second-order valence-corrected chi connectivity index (χ2v) is 4.69. The van der Waals surface area contributed by atoms with Gasteiger partial charge in [0, 0.05) is 11.6 Å². The van der Waals surface area contributed by atoms with E-state index >= 15 is 0 Å². The lowest BCUT2D eigenvalue weighted by molar-refractivity contribution is -0.385. The Bertz CT molecular complexity index is 700. The van der Waals surface area contributed by atoms with E-state index in [4.69, 9.17) is 9.84 Å². The summed E-state index contributed by atoms with van der Waals surface area (Å²) < 4.78 is 19.3. The van der Waals surface area contributed by atoms with Gasteiger partial charge in [-0.3, -0.25) is 10.1 Å². The smallest absolute Gasteiger partial charge is 0.272 e. The molecule has 0 aliphatic carbocycles. The summed E-state index contributed by atoms with van der Waals surface area (Å²) in [5.41, 5.74) is 1.42. The minimum atomic E-state index is -0.600. The number of hydrogen-bond acceptors (Lipinski definition) is 4. The summed E-state index contributed by atoms with van der Waals surface area (Å²) in [5, 5.41) is 19.8. The number of ether oxygens (including phenoxy) is 1. The average Bonchev–Trinajstić information content (AvgIpc) is 2.44. The van der Waals surface area contributed by atoms with Crippen LogP contribution in [-0.2, 0) is 6.61 Å². The zero-order chi connectivity index (χ0) is 15.6. The molecule has 0 radical (unpaired) electrons. The van der Waals surface area contributed by atoms with Gasteiger partial charge in [0.05, 0.1) is 11.5 Å². The summed E-state index contributed by atoms with van der Waals surface area (Å²) in [7, 11) is 0. The van der Waals surface area contributed by atoms with Gasteiger partial charge < -0.3 is 9.84 Å². The number of aliphatic hydroxyl groups excluding tert-OH is 1. The molecule has 5 nitrogen and oxygen atoms in total. The molecule has 0 saturated carbocycles. The van der Waals surface area contributed by atoms with Crippen LogP contribution in [0.4, 0.5) is 10.1 Å². The predicted molar refractivity (Wildman–Crippen MR) is 75.0 cm³/mol. The van der Waals surface area contributed by atoms with Gasteiger partial charge in [0.25, 0.3) is 5.69 Å². The van der Waals surface area contributed by atoms with Gasteiger partial charge in [-0.2, -0.15) is 0 Å². The number of benzene rings is 2. The van der Waals surface area contributed by atoms with Crippen LogP contribution >= 0.6 is 0 Å². The molecule has 0 aromatic heterocycles. The number of halogens is 1. The fraction of sp³-hybridized carbons (Fsp3) is 0.200. The van der Waals surface area contributed by atoms with Crippen molar-refractivity contribution in [3.63, 3.8) is 0 Å². The molecule has 2 aromatic rings. The number of nitro benzene ring substituents is 1. The van der Waals surface area contributed by atoms with Crippen LogP contribution in [-0.4, -0.2) is 10.0 Å². The van der Waals surface area contributed by atoms with Gasteiger partial charge in [-0.15, -0.1) is 0 Å². The largest absolute Gasteiger partial charge is 0.454 e. The van der Waals surface area contributed by atoms with Crippen molar-refractivity contribution < 1.29 is 19.2 Å². The van der Waals surface area contributed by atoms with Gasteiger partial charge in [0.1, 0.15) is 5.75 Å². The van der Waals surface area contributed by atoms with Crippen LogP contribution < -0.4 is 4.74 Å². The van der Waals surface area contributed by atoms with E-state index in [-0.39, 0.29) is 18.0 Å². The van der Waals surface area contributed by atoms with Crippen molar-refractivity contribution in [2.45, 2.75) is 20.5 Å². The molecule has 0 bridgehead atoms. The van der Waals surface area contributed by atoms with E-state index in [1.165, 1.54) is 24.3 Å². The molecule has 0 unspecified atom stereocenters. The minimum absolute atomic E-state index is 0.00329. The van der Waals surface area contributed by atoms with Crippen LogP contribution in [0.3, 0.4) is 0 Å². The predicted octanol–water partition coefficient (Wildman–Crippen LogP) is 3.64. The molecule has 0 aliphatic heterocycles. The Kier molecular flexibility index (Phi) is 4.18. The first kappa shape index (κ1) is 14.9. The molecule has 1 N–H and O–H groups in total. The first-order valence-electron chi connectivity index (χ1n) is 6.25. The Labute approximate surface area is 120 Å². The van der Waals surface area contributed by atoms with E-state index in [0.717, 1.165) is 0 Å². The third-order valence-corrected chi connectivity index (χ3v) is 3.09. The van der Waals surface area contributed by atoms with Crippen LogP contribution in [0.25, 0.3) is 0 Å². The van der Waals surface area contributed by atoms with E-state index in [1.807, 2.05) is 0 Å². The van der Waals surface area contributed by atoms with Crippen molar-refractivity contribution >= 4 is 5.69 Å². The fourth-order valence-electron chi connectivity index (χ4n) is 1.93. The number of nitrogens with zero attached hydrogens (tertiary/aromatic N) is 1. The van der Waals surface area contributed by atoms with Crippen molar-refractivity contribution in [2.75, 3.05) is 0 Å². The molecule has 0 amide bonds. The summed E-state index contributed by atoms with van der Waals surface area (Å²) in [6.45, 7) is 2.99. The molecule has 0 saturated heterocycles. The topological polar surface area (TPSA) is 72.6 Å². The quantitative estimate of drug-likeness (QED) is 0.689. The van der Waals surface area contributed by atoms with Crippen molar-refractivity contribution in [2.24, 2.45) is 0 Å². The van der Waals surface area contributed by atoms with Gasteiger partial charge in [-0.25, -0.2) is 4.39 Å². The first-order chi connectivity index (χ1) is 9.92. The average molecular weight is 291 g/mol. The second kappa shape index (κ2) is 5.88. The first-order valence-corrected chi connectivity index (χ1v) is 6.25. The Morgan fingerprint density at radius 2 is 1.90 bits per heavy atom. The number of aliphatic hydroxyl groups is 1. The van der Waals surface area contributed by atoms with Crippen LogP contribution in [0.2, 0.25) is 0 Å². The normalized spacial score (nSPS) is 10.5. The highest BCUT2D eigenvalue weighted by atomic mass is 19.1. The molecule has 0 fully saturated rings. The van der Waals surface area contributed by atoms with Gasteiger partial charge in [-0.05, 0) is 43.2 Å². The lowest BCUT2D eigenvalue weighted by Gasteiger charge is -2.11. The lowest BCUT2D eigenvalue weighted by Crippen LogP contribution is -1.97. The van der Waals surface area contributed by atoms with E-state index in [1.54, 1.807) is 19.9 Å². The molecule has 6 heteroatoms. The summed E-state index contributed by atoms with van der Waals surface area (Å²) in [4.78, 5) is 10.4. The maximum atomic E-state index is 13.8. The highest BCUT2D eigenvalue weighted by Crippen LogP contribution is 2.32. The summed E-state index contributed by atoms with van der Waals surface area (Å²) >= 11 is 0. The Balaban J connectivity index is 2.36. The third kappa shape index (κ3) is 3.17. The molecule has 0 atom stereocenters. The molecule has 0 heterocycles.